The standard InChI is InChI=1S/C28H24F3N3O3/c1-37-27(36)21-8-6-19(7-9-21)25(18-4-2-17(15-32)3-5-18)24-14-23(16-33-24)34-26(35)20-10-12-22(13-11-20)28(29,30)31/h2-13,23-25,33H,14,16H2,1H3,(H,34,35)/t23-,24?,25?/m1/s1. The summed E-state index contributed by atoms with van der Waals surface area (Å²) < 4.78 is 43.2. The van der Waals surface area contributed by atoms with Gasteiger partial charge in [-0.2, -0.15) is 18.4 Å². The van der Waals surface area contributed by atoms with Crippen LogP contribution < -0.4 is 10.6 Å². The number of hydrogen-bond acceptors (Lipinski definition) is 5. The van der Waals surface area contributed by atoms with Gasteiger partial charge in [-0.15, -0.1) is 0 Å². The number of rotatable bonds is 6. The van der Waals surface area contributed by atoms with Crippen molar-refractivity contribution < 1.29 is 27.5 Å². The molecule has 4 rings (SSSR count). The molecule has 9 heteroatoms. The second-order valence-corrected chi connectivity index (χ2v) is 8.82. The van der Waals surface area contributed by atoms with Gasteiger partial charge in [0.1, 0.15) is 0 Å². The minimum Gasteiger partial charge on any atom is -0.465 e. The second-order valence-electron chi connectivity index (χ2n) is 8.82. The molecule has 1 heterocycles. The molecule has 3 atom stereocenters. The fraction of sp³-hybridized carbons (Fsp3) is 0.250. The molecule has 1 saturated heterocycles. The van der Waals surface area contributed by atoms with Crippen molar-refractivity contribution in [2.24, 2.45) is 0 Å². The fourth-order valence-electron chi connectivity index (χ4n) is 4.58. The molecule has 0 radical (unpaired) electrons. The van der Waals surface area contributed by atoms with E-state index < -0.39 is 23.6 Å². The quantitative estimate of drug-likeness (QED) is 0.474. The monoisotopic (exact) mass is 507 g/mol. The Kier molecular flexibility index (Phi) is 7.60. The van der Waals surface area contributed by atoms with Crippen LogP contribution in [0, 0.1) is 11.3 Å². The lowest BCUT2D eigenvalue weighted by Crippen LogP contribution is -2.36. The van der Waals surface area contributed by atoms with Crippen molar-refractivity contribution in [1.82, 2.24) is 10.6 Å². The van der Waals surface area contributed by atoms with Crippen molar-refractivity contribution in [3.05, 3.63) is 106 Å². The Morgan fingerprint density at radius 1 is 0.973 bits per heavy atom. The predicted molar refractivity (Wildman–Crippen MR) is 130 cm³/mol. The summed E-state index contributed by atoms with van der Waals surface area (Å²) in [5.41, 5.74) is 2.19. The third-order valence-electron chi connectivity index (χ3n) is 6.47. The summed E-state index contributed by atoms with van der Waals surface area (Å²) in [6, 6.07) is 20.2. The molecule has 0 aromatic heterocycles. The molecule has 0 saturated carbocycles. The number of hydrogen-bond donors (Lipinski definition) is 2. The number of ether oxygens (including phenoxy) is 1. The number of carbonyl (C=O) groups excluding carboxylic acids is 2. The van der Waals surface area contributed by atoms with Gasteiger partial charge in [0.25, 0.3) is 5.91 Å². The van der Waals surface area contributed by atoms with Crippen molar-refractivity contribution in [3.63, 3.8) is 0 Å². The van der Waals surface area contributed by atoms with Gasteiger partial charge < -0.3 is 15.4 Å². The number of amides is 1. The van der Waals surface area contributed by atoms with E-state index in [9.17, 15) is 22.8 Å². The Labute approximate surface area is 212 Å². The van der Waals surface area contributed by atoms with Gasteiger partial charge in [0, 0.05) is 30.1 Å². The molecule has 1 aliphatic heterocycles. The number of benzene rings is 3. The lowest BCUT2D eigenvalue weighted by atomic mass is 9.83. The highest BCUT2D eigenvalue weighted by Crippen LogP contribution is 2.33. The first kappa shape index (κ1) is 25.9. The number of methoxy groups -OCH3 is 1. The van der Waals surface area contributed by atoms with Crippen LogP contribution >= 0.6 is 0 Å². The topological polar surface area (TPSA) is 91.2 Å². The average Bonchev–Trinajstić information content (AvgIpc) is 3.36. The van der Waals surface area contributed by atoms with E-state index in [1.165, 1.54) is 19.2 Å². The molecule has 1 fully saturated rings. The molecule has 0 aliphatic carbocycles. The summed E-state index contributed by atoms with van der Waals surface area (Å²) in [6.45, 7) is 0.476. The summed E-state index contributed by atoms with van der Waals surface area (Å²) in [6.07, 6.45) is -3.90. The summed E-state index contributed by atoms with van der Waals surface area (Å²) in [5, 5.41) is 15.5. The van der Waals surface area contributed by atoms with Crippen LogP contribution in [-0.2, 0) is 10.9 Å². The highest BCUT2D eigenvalue weighted by atomic mass is 19.4. The van der Waals surface area contributed by atoms with Gasteiger partial charge in [-0.25, -0.2) is 4.79 Å². The summed E-state index contributed by atoms with van der Waals surface area (Å²) in [4.78, 5) is 24.5. The van der Waals surface area contributed by atoms with E-state index in [1.54, 1.807) is 24.3 Å². The van der Waals surface area contributed by atoms with E-state index >= 15 is 0 Å². The lowest BCUT2D eigenvalue weighted by molar-refractivity contribution is -0.137. The fourth-order valence-corrected chi connectivity index (χ4v) is 4.58. The van der Waals surface area contributed by atoms with Crippen molar-refractivity contribution in [3.8, 4) is 6.07 Å². The van der Waals surface area contributed by atoms with Crippen LogP contribution in [0.1, 0.15) is 55.3 Å². The van der Waals surface area contributed by atoms with Gasteiger partial charge in [-0.3, -0.25) is 4.79 Å². The number of nitriles is 1. The highest BCUT2D eigenvalue weighted by molar-refractivity contribution is 5.94. The lowest BCUT2D eigenvalue weighted by Gasteiger charge is -2.25. The van der Waals surface area contributed by atoms with E-state index in [-0.39, 0.29) is 23.6 Å². The van der Waals surface area contributed by atoms with Gasteiger partial charge in [-0.05, 0) is 66.1 Å². The molecule has 6 nitrogen and oxygen atoms in total. The molecule has 2 unspecified atom stereocenters. The smallest absolute Gasteiger partial charge is 0.416 e. The van der Waals surface area contributed by atoms with Crippen LogP contribution in [0.25, 0.3) is 0 Å². The van der Waals surface area contributed by atoms with Crippen molar-refractivity contribution >= 4 is 11.9 Å². The third-order valence-corrected chi connectivity index (χ3v) is 6.47. The van der Waals surface area contributed by atoms with Crippen LogP contribution in [0.3, 0.4) is 0 Å². The van der Waals surface area contributed by atoms with E-state index in [1.807, 2.05) is 24.3 Å². The first-order chi connectivity index (χ1) is 17.7. The zero-order valence-corrected chi connectivity index (χ0v) is 19.9. The highest BCUT2D eigenvalue weighted by Gasteiger charge is 2.34. The maximum absolute atomic E-state index is 12.8. The Morgan fingerprint density at radius 3 is 2.08 bits per heavy atom. The molecule has 0 bridgehead atoms. The van der Waals surface area contributed by atoms with Crippen LogP contribution in [0.15, 0.2) is 72.8 Å². The van der Waals surface area contributed by atoms with E-state index in [0.29, 0.717) is 24.1 Å². The zero-order chi connectivity index (χ0) is 26.6. The minimum absolute atomic E-state index is 0.0881. The van der Waals surface area contributed by atoms with Crippen molar-refractivity contribution in [1.29, 1.82) is 5.26 Å². The summed E-state index contributed by atoms with van der Waals surface area (Å²) in [5.74, 6) is -1.03. The first-order valence-electron chi connectivity index (χ1n) is 11.6. The molecule has 3 aromatic rings. The van der Waals surface area contributed by atoms with Gasteiger partial charge in [0.2, 0.25) is 0 Å². The maximum atomic E-state index is 12.8. The third kappa shape index (κ3) is 5.98. The Morgan fingerprint density at radius 2 is 1.54 bits per heavy atom. The summed E-state index contributed by atoms with van der Waals surface area (Å²) in [7, 11) is 1.32. The molecule has 0 spiro atoms. The van der Waals surface area contributed by atoms with Crippen LogP contribution in [0.5, 0.6) is 0 Å². The number of esters is 1. The number of alkyl halides is 3. The molecule has 190 valence electrons. The van der Waals surface area contributed by atoms with Gasteiger partial charge in [0.05, 0.1) is 29.9 Å². The molecule has 37 heavy (non-hydrogen) atoms. The van der Waals surface area contributed by atoms with E-state index in [4.69, 9.17) is 10.00 Å². The van der Waals surface area contributed by atoms with E-state index in [2.05, 4.69) is 16.7 Å². The molecular weight excluding hydrogens is 483 g/mol. The molecule has 1 aliphatic rings. The normalized spacial score (nSPS) is 18.0. The average molecular weight is 508 g/mol. The largest absolute Gasteiger partial charge is 0.465 e. The SMILES string of the molecule is COC(=O)c1ccc(C(c2ccc(C#N)cc2)C2C[C@@H](NC(=O)c3ccc(C(F)(F)F)cc3)CN2)cc1. The molecule has 1 amide bonds. The Bertz CT molecular complexity index is 1300. The van der Waals surface area contributed by atoms with Crippen molar-refractivity contribution in [2.45, 2.75) is 30.6 Å². The molecule has 3 aromatic carbocycles. The number of carbonyl (C=O) groups is 2. The zero-order valence-electron chi connectivity index (χ0n) is 19.9. The maximum Gasteiger partial charge on any atom is 0.416 e. The second kappa shape index (κ2) is 10.8. The van der Waals surface area contributed by atoms with E-state index in [0.717, 1.165) is 23.3 Å². The number of halogens is 3. The van der Waals surface area contributed by atoms with Gasteiger partial charge in [0.15, 0.2) is 0 Å². The van der Waals surface area contributed by atoms with Crippen LogP contribution in [0.2, 0.25) is 0 Å². The molecular formula is C28H24F3N3O3. The molecule has 2 N–H and O–H groups in total. The number of nitrogens with one attached hydrogen (secondary N) is 2. The van der Waals surface area contributed by atoms with Crippen LogP contribution in [-0.4, -0.2) is 37.6 Å². The van der Waals surface area contributed by atoms with Crippen molar-refractivity contribution in [2.75, 3.05) is 13.7 Å². The Hall–Kier alpha value is -4.16. The Balaban J connectivity index is 1.52. The number of nitrogens with zero attached hydrogens (tertiary/aromatic N) is 1. The van der Waals surface area contributed by atoms with Crippen LogP contribution in [0.4, 0.5) is 13.2 Å². The predicted octanol–water partition coefficient (Wildman–Crippen LogP) is 4.66. The minimum atomic E-state index is -4.47. The van der Waals surface area contributed by atoms with Gasteiger partial charge >= 0.3 is 12.1 Å². The first-order valence-corrected chi connectivity index (χ1v) is 11.6. The van der Waals surface area contributed by atoms with Gasteiger partial charge in [-0.1, -0.05) is 24.3 Å². The summed E-state index contributed by atoms with van der Waals surface area (Å²) >= 11 is 0.